The topological polar surface area (TPSA) is 339 Å². The second-order valence-electron chi connectivity index (χ2n) is 30.6. The van der Waals surface area contributed by atoms with Crippen molar-refractivity contribution in [3.63, 3.8) is 0 Å². The number of carboxylic acid groups (broad SMARTS) is 2. The molecule has 26 nitrogen and oxygen atoms in total. The zero-order valence-electron chi connectivity index (χ0n) is 61.6. The Labute approximate surface area is 609 Å². The number of anilines is 2. The number of hydrogen-bond acceptors (Lipinski definition) is 18. The van der Waals surface area contributed by atoms with E-state index in [9.17, 15) is 44.0 Å². The van der Waals surface area contributed by atoms with Crippen LogP contribution in [0.1, 0.15) is 140 Å². The van der Waals surface area contributed by atoms with Crippen LogP contribution in [0.2, 0.25) is 0 Å². The fraction of sp³-hybridized carbons (Fsp3) is 0.616. The number of nitrogens with one attached hydrogen (secondary N) is 2. The van der Waals surface area contributed by atoms with Crippen LogP contribution in [0.15, 0.2) is 75.4 Å². The normalized spacial score (nSPS) is 29.4. The van der Waals surface area contributed by atoms with Gasteiger partial charge in [0.2, 0.25) is 11.8 Å². The Hall–Kier alpha value is -7.34. The van der Waals surface area contributed by atoms with Crippen LogP contribution in [0, 0.1) is 64.4 Å². The maximum Gasteiger partial charge on any atom is 0.494 e. The van der Waals surface area contributed by atoms with Gasteiger partial charge in [-0.3, -0.25) is 19.3 Å². The van der Waals surface area contributed by atoms with E-state index in [1.807, 2.05) is 38.9 Å². The number of rotatable bonds is 23. The van der Waals surface area contributed by atoms with Gasteiger partial charge in [-0.15, -0.1) is 0 Å². The molecule has 8 aliphatic rings. The molecule has 0 aromatic heterocycles. The molecule has 12 rings (SSSR count). The number of aliphatic hydroxyl groups is 2. The van der Waals surface area contributed by atoms with Gasteiger partial charge in [0.1, 0.15) is 35.2 Å². The van der Waals surface area contributed by atoms with Crippen molar-refractivity contribution in [3.8, 4) is 22.6 Å². The number of benzene rings is 4. The predicted molar refractivity (Wildman–Crippen MR) is 388 cm³/mol. The molecule has 2 amide bonds. The summed E-state index contributed by atoms with van der Waals surface area (Å²) in [6, 6.07) is 13.6. The number of methoxy groups -OCH3 is 2. The summed E-state index contributed by atoms with van der Waals surface area (Å²) < 4.78 is 54.3. The van der Waals surface area contributed by atoms with E-state index in [1.54, 1.807) is 63.2 Å². The highest BCUT2D eigenvalue weighted by Crippen LogP contribution is 2.61. The molecule has 4 aromatic carbocycles. The van der Waals surface area contributed by atoms with E-state index in [1.165, 1.54) is 55.0 Å². The first-order chi connectivity index (χ1) is 48.5. The number of carboxylic acids is 2. The quantitative estimate of drug-likeness (QED) is 0.0174. The van der Waals surface area contributed by atoms with Crippen molar-refractivity contribution in [2.75, 3.05) is 65.3 Å². The van der Waals surface area contributed by atoms with Gasteiger partial charge in [-0.05, 0) is 199 Å². The number of carbonyl (C=O) groups excluding carboxylic acids is 2. The molecule has 0 spiro atoms. The third-order valence-corrected chi connectivity index (χ3v) is 23.6. The Morgan fingerprint density at radius 3 is 1.67 bits per heavy atom. The van der Waals surface area contributed by atoms with Gasteiger partial charge in [0.25, 0.3) is 0 Å². The average molecular weight is 1500 g/mol. The van der Waals surface area contributed by atoms with E-state index >= 15 is 4.39 Å². The zero-order valence-corrected chi connectivity index (χ0v) is 63.2. The van der Waals surface area contributed by atoms with Crippen LogP contribution in [0.5, 0.6) is 11.5 Å². The number of amides is 2. The number of aliphatic hydroxyl groups excluding tert-OH is 2. The average Bonchev–Trinajstić information content (AvgIpc) is 1.55. The first-order valence-electron chi connectivity index (χ1n) is 35.2. The lowest BCUT2D eigenvalue weighted by atomic mass is 9.45. The second-order valence-corrected chi connectivity index (χ2v) is 31.5. The summed E-state index contributed by atoms with van der Waals surface area (Å²) in [7, 11) is 9.67. The van der Waals surface area contributed by atoms with Crippen LogP contribution >= 0.6 is 15.9 Å². The Morgan fingerprint density at radius 1 is 0.709 bits per heavy atom. The third-order valence-electron chi connectivity index (χ3n) is 23.0. The number of aromatic carboxylic acids is 2. The zero-order chi connectivity index (χ0) is 75.6. The minimum absolute atomic E-state index is 0.0131. The number of hydroxylamine groups is 4. The van der Waals surface area contributed by atoms with Crippen molar-refractivity contribution < 1.29 is 76.8 Å². The van der Waals surface area contributed by atoms with Crippen LogP contribution in [0.25, 0.3) is 32.0 Å². The van der Waals surface area contributed by atoms with E-state index in [0.717, 1.165) is 43.3 Å². The van der Waals surface area contributed by atoms with Crippen LogP contribution in [0.3, 0.4) is 0 Å². The minimum Gasteiger partial charge on any atom is -0.496 e. The molecule has 30 heteroatoms. The SMILES string of the molecule is CN(C)c1cc(B2OC3(C)CC3(C)O2)cc(C(=O)O)c1.COc1c(-c2cc(C(=O)O)cc(N(C)C)c2)ccc(F)c1CN1O[C@@H](CN=[N+]=[N-])[C@@H]([C@H](C)O)[C@H]1C(=O)N[C@H]1C[C@H](C(C)C)CC[C@@H]1C.COc1c(Br)ccc(F)c1CN1O[C@@H](CN=[N+]=[N-])[C@@H]([C@H](C)O)[C@H]1C(=O)N[C@H]1C[C@H]2C[C@@H]([C@@H]1C)C2(C)C. The van der Waals surface area contributed by atoms with Crippen molar-refractivity contribution in [1.29, 1.82) is 0 Å². The molecule has 5 aliphatic carbocycles. The van der Waals surface area contributed by atoms with Crippen molar-refractivity contribution in [2.45, 2.75) is 181 Å². The molecular formula is C73H100BBrF2N12O14. The highest BCUT2D eigenvalue weighted by Gasteiger charge is 2.71. The number of nitrogens with zero attached hydrogens (tertiary/aromatic N) is 10. The maximum absolute atomic E-state index is 15.7. The summed E-state index contributed by atoms with van der Waals surface area (Å²) in [6.07, 6.45) is 2.32. The van der Waals surface area contributed by atoms with Crippen molar-refractivity contribution in [1.82, 2.24) is 20.8 Å². The van der Waals surface area contributed by atoms with Crippen molar-refractivity contribution in [3.05, 3.63) is 120 Å². The van der Waals surface area contributed by atoms with E-state index in [4.69, 9.17) is 39.5 Å². The molecule has 3 aliphatic heterocycles. The first-order valence-corrected chi connectivity index (χ1v) is 36.0. The van der Waals surface area contributed by atoms with E-state index < -0.39 is 79.0 Å². The number of halogens is 3. The van der Waals surface area contributed by atoms with Crippen LogP contribution < -0.4 is 35.4 Å². The summed E-state index contributed by atoms with van der Waals surface area (Å²) in [5.74, 6) is -2.25. The molecule has 2 bridgehead atoms. The largest absolute Gasteiger partial charge is 0.496 e. The van der Waals surface area contributed by atoms with Gasteiger partial charge in [0.15, 0.2) is 0 Å². The van der Waals surface area contributed by atoms with Gasteiger partial charge in [-0.25, -0.2) is 18.4 Å². The molecule has 560 valence electrons. The van der Waals surface area contributed by atoms with Crippen LogP contribution in [0.4, 0.5) is 20.2 Å². The van der Waals surface area contributed by atoms with Crippen LogP contribution in [-0.4, -0.2) is 177 Å². The molecular weight excluding hydrogens is 1400 g/mol. The summed E-state index contributed by atoms with van der Waals surface area (Å²) in [6.45, 7) is 19.9. The highest BCUT2D eigenvalue weighted by atomic mass is 79.9. The molecule has 8 fully saturated rings. The molecule has 3 saturated heterocycles. The number of carbonyl (C=O) groups is 4. The fourth-order valence-electron chi connectivity index (χ4n) is 16.4. The van der Waals surface area contributed by atoms with E-state index in [0.29, 0.717) is 56.6 Å². The van der Waals surface area contributed by atoms with Crippen molar-refractivity contribution in [2.24, 2.45) is 63.0 Å². The Morgan fingerprint density at radius 2 is 1.20 bits per heavy atom. The summed E-state index contributed by atoms with van der Waals surface area (Å²) in [5.41, 5.74) is 21.4. The number of hydrogen-bond donors (Lipinski definition) is 6. The molecule has 103 heavy (non-hydrogen) atoms. The van der Waals surface area contributed by atoms with Gasteiger partial charge in [0, 0.05) is 96.4 Å². The number of fused-ring (bicyclic) bond motifs is 3. The van der Waals surface area contributed by atoms with Gasteiger partial charge in [-0.2, -0.15) is 10.1 Å². The van der Waals surface area contributed by atoms with Gasteiger partial charge in [0.05, 0.1) is 91.6 Å². The van der Waals surface area contributed by atoms with Gasteiger partial charge < -0.3 is 59.6 Å². The first kappa shape index (κ1) is 79.8. The molecule has 5 saturated carbocycles. The van der Waals surface area contributed by atoms with E-state index in [-0.39, 0.29) is 101 Å². The summed E-state index contributed by atoms with van der Waals surface area (Å²) >= 11 is 3.38. The third kappa shape index (κ3) is 17.0. The molecule has 2 unspecified atom stereocenters. The van der Waals surface area contributed by atoms with Gasteiger partial charge >= 0.3 is 19.1 Å². The fourth-order valence-corrected chi connectivity index (χ4v) is 16.9. The Kier molecular flexibility index (Phi) is 25.2. The molecule has 6 N–H and O–H groups in total. The predicted octanol–water partition coefficient (Wildman–Crippen LogP) is 11.3. The lowest BCUT2D eigenvalue weighted by Gasteiger charge is -2.62. The lowest BCUT2D eigenvalue weighted by molar-refractivity contribution is -0.176. The summed E-state index contributed by atoms with van der Waals surface area (Å²) in [4.78, 5) is 72.7. The smallest absolute Gasteiger partial charge is 0.494 e. The number of azide groups is 2. The molecule has 0 radical (unpaired) electrons. The monoisotopic (exact) mass is 1500 g/mol. The maximum atomic E-state index is 15.7. The van der Waals surface area contributed by atoms with Gasteiger partial charge in [-0.1, -0.05) is 51.8 Å². The molecule has 3 heterocycles. The second kappa shape index (κ2) is 32.6. The lowest BCUT2D eigenvalue weighted by Crippen LogP contribution is -2.62. The van der Waals surface area contributed by atoms with Crippen LogP contribution in [-0.2, 0) is 41.7 Å². The van der Waals surface area contributed by atoms with Crippen molar-refractivity contribution >= 4 is 63.6 Å². The number of ether oxygens (including phenoxy) is 2. The Balaban J connectivity index is 0.000000193. The molecule has 4 aromatic rings. The standard InChI is InChI=1S/C34H47FN6O6.C25H35BrFN5O4.C14H18BNO4/c1-18(2)21-9-8-19(3)28(15-21)38-33(43)31-30(20(4)42)29(16-37-39-36)47-41(31)17-26-27(35)11-10-25(32(26)46-7)22-12-23(34(44)45)14-24(13-22)40(5)6;1-12-16-8-14(25(16,3)4)9-19(12)30-24(34)22-21(13(2)33)20(10-29-31-28)36-32(22)11-15-18(27)7-6-17(26)23(15)35-5;1-13-8-14(13,2)20-15(19-13)10-5-9(12(17)18)6-11(7-10)16(3)4/h10-14,18-21,28-31,42H,8-9,15-17H2,1-7H3,(H,38,43)(H,44,45);6-7,12-14,16,19-22,33H,8-11H2,1-5H3,(H,30,34);5-7H,8H2,1-4H3,(H,17,18)/t19-,20-,21+,28-,29-,30+,31-;12-,13-,14+,16-,19-,20-,21+,22-;/m00./s1. The molecule has 17 atom stereocenters. The summed E-state index contributed by atoms with van der Waals surface area (Å²) in [5, 5.41) is 57.1. The Bertz CT molecular complexity index is 3870. The minimum atomic E-state index is -1.11. The highest BCUT2D eigenvalue weighted by molar-refractivity contribution is 9.10. The van der Waals surface area contributed by atoms with E-state index in [2.05, 4.69) is 88.2 Å².